The lowest BCUT2D eigenvalue weighted by atomic mass is 10.2. The molecule has 138 valence electrons. The standard InChI is InChI=1S/C22H22N2O2S/c1-2-17-5-9-20(10-6-17)26-15-22(25)24-19-7-11-21(12-8-19)27-16-18-4-3-13-23-14-18/h3-14H,2,15-16H2,1H3,(H,24,25). The number of thioether (sulfide) groups is 1. The van der Waals surface area contributed by atoms with Crippen LogP contribution in [0.15, 0.2) is 78.0 Å². The highest BCUT2D eigenvalue weighted by molar-refractivity contribution is 7.98. The van der Waals surface area contributed by atoms with Crippen LogP contribution in [0.1, 0.15) is 18.1 Å². The molecule has 0 aliphatic rings. The van der Waals surface area contributed by atoms with E-state index in [1.807, 2.05) is 60.8 Å². The molecular formula is C22H22N2O2S. The summed E-state index contributed by atoms with van der Waals surface area (Å²) in [4.78, 5) is 17.3. The molecule has 5 heteroatoms. The third-order valence-corrected chi connectivity index (χ3v) is 5.05. The third kappa shape index (κ3) is 6.15. The molecule has 27 heavy (non-hydrogen) atoms. The number of hydrogen-bond acceptors (Lipinski definition) is 4. The Balaban J connectivity index is 1.45. The number of carbonyl (C=O) groups is 1. The number of benzene rings is 2. The number of rotatable bonds is 8. The van der Waals surface area contributed by atoms with Gasteiger partial charge in [-0.2, -0.15) is 0 Å². The van der Waals surface area contributed by atoms with Gasteiger partial charge in [-0.25, -0.2) is 0 Å². The van der Waals surface area contributed by atoms with Crippen LogP contribution in [0.3, 0.4) is 0 Å². The van der Waals surface area contributed by atoms with E-state index in [1.165, 1.54) is 11.1 Å². The van der Waals surface area contributed by atoms with E-state index in [4.69, 9.17) is 4.74 Å². The second-order valence-electron chi connectivity index (χ2n) is 6.01. The van der Waals surface area contributed by atoms with Crippen molar-refractivity contribution < 1.29 is 9.53 Å². The van der Waals surface area contributed by atoms with Crippen LogP contribution in [0.5, 0.6) is 5.75 Å². The summed E-state index contributed by atoms with van der Waals surface area (Å²) in [5.74, 6) is 1.39. The molecule has 2 aromatic carbocycles. The van der Waals surface area contributed by atoms with Crippen LogP contribution in [0.25, 0.3) is 0 Å². The van der Waals surface area contributed by atoms with Gasteiger partial charge in [0.2, 0.25) is 0 Å². The quantitative estimate of drug-likeness (QED) is 0.563. The first-order valence-electron chi connectivity index (χ1n) is 8.86. The average molecular weight is 378 g/mol. The van der Waals surface area contributed by atoms with Crippen LogP contribution >= 0.6 is 11.8 Å². The van der Waals surface area contributed by atoms with Crippen molar-refractivity contribution in [3.05, 3.63) is 84.2 Å². The number of aryl methyl sites for hydroxylation is 1. The molecule has 0 bridgehead atoms. The number of amides is 1. The van der Waals surface area contributed by atoms with Crippen molar-refractivity contribution in [1.82, 2.24) is 4.98 Å². The molecule has 4 nitrogen and oxygen atoms in total. The zero-order valence-electron chi connectivity index (χ0n) is 15.2. The van der Waals surface area contributed by atoms with Gasteiger partial charge in [-0.3, -0.25) is 9.78 Å². The van der Waals surface area contributed by atoms with Crippen LogP contribution in [0.4, 0.5) is 5.69 Å². The van der Waals surface area contributed by atoms with Crippen molar-refractivity contribution in [3.63, 3.8) is 0 Å². The Morgan fingerprint density at radius 3 is 2.48 bits per heavy atom. The van der Waals surface area contributed by atoms with Crippen molar-refractivity contribution in [2.75, 3.05) is 11.9 Å². The summed E-state index contributed by atoms with van der Waals surface area (Å²) in [5, 5.41) is 2.85. The molecule has 3 rings (SSSR count). The largest absolute Gasteiger partial charge is 0.484 e. The SMILES string of the molecule is CCc1ccc(OCC(=O)Nc2ccc(SCc3cccnc3)cc2)cc1. The Hall–Kier alpha value is -2.79. The van der Waals surface area contributed by atoms with Gasteiger partial charge in [0, 0.05) is 28.7 Å². The number of aromatic nitrogens is 1. The predicted octanol–water partition coefficient (Wildman–Crippen LogP) is 4.95. The molecule has 0 aliphatic heterocycles. The lowest BCUT2D eigenvalue weighted by molar-refractivity contribution is -0.118. The van der Waals surface area contributed by atoms with Gasteiger partial charge in [-0.1, -0.05) is 25.1 Å². The molecule has 3 aromatic rings. The van der Waals surface area contributed by atoms with E-state index in [-0.39, 0.29) is 12.5 Å². The fourth-order valence-corrected chi connectivity index (χ4v) is 3.28. The van der Waals surface area contributed by atoms with E-state index < -0.39 is 0 Å². The zero-order valence-corrected chi connectivity index (χ0v) is 16.0. The lowest BCUT2D eigenvalue weighted by Gasteiger charge is -2.09. The monoisotopic (exact) mass is 378 g/mol. The second-order valence-corrected chi connectivity index (χ2v) is 7.06. The molecule has 0 fully saturated rings. The number of hydrogen-bond donors (Lipinski definition) is 1. The summed E-state index contributed by atoms with van der Waals surface area (Å²) in [6.07, 6.45) is 4.63. The summed E-state index contributed by atoms with van der Waals surface area (Å²) < 4.78 is 5.53. The maximum atomic E-state index is 12.1. The molecular weight excluding hydrogens is 356 g/mol. The van der Waals surface area contributed by atoms with Crippen molar-refractivity contribution in [3.8, 4) is 5.75 Å². The number of nitrogens with one attached hydrogen (secondary N) is 1. The lowest BCUT2D eigenvalue weighted by Crippen LogP contribution is -2.20. The van der Waals surface area contributed by atoms with Crippen molar-refractivity contribution >= 4 is 23.4 Å². The first kappa shape index (κ1) is 19.0. The summed E-state index contributed by atoms with van der Waals surface area (Å²) in [6, 6.07) is 19.6. The van der Waals surface area contributed by atoms with Crippen molar-refractivity contribution in [2.24, 2.45) is 0 Å². The van der Waals surface area contributed by atoms with Gasteiger partial charge in [0.15, 0.2) is 6.61 Å². The number of anilines is 1. The highest BCUT2D eigenvalue weighted by atomic mass is 32.2. The third-order valence-electron chi connectivity index (χ3n) is 3.97. The molecule has 0 unspecified atom stereocenters. The Morgan fingerprint density at radius 2 is 1.81 bits per heavy atom. The molecule has 1 aromatic heterocycles. The molecule has 0 radical (unpaired) electrons. The molecule has 1 N–H and O–H groups in total. The molecule has 1 amide bonds. The van der Waals surface area contributed by atoms with Gasteiger partial charge in [-0.05, 0) is 60.0 Å². The normalized spacial score (nSPS) is 10.4. The van der Waals surface area contributed by atoms with Gasteiger partial charge < -0.3 is 10.1 Å². The molecule has 0 saturated heterocycles. The fraction of sp³-hybridized carbons (Fsp3) is 0.182. The minimum absolute atomic E-state index is 0.0109. The summed E-state index contributed by atoms with van der Waals surface area (Å²) in [7, 11) is 0. The Bertz CT molecular complexity index is 850. The minimum atomic E-state index is -0.176. The van der Waals surface area contributed by atoms with Crippen molar-refractivity contribution in [2.45, 2.75) is 24.0 Å². The van der Waals surface area contributed by atoms with Crippen LogP contribution in [0, 0.1) is 0 Å². The first-order valence-corrected chi connectivity index (χ1v) is 9.85. The average Bonchev–Trinajstić information content (AvgIpc) is 2.73. The van der Waals surface area contributed by atoms with Crippen LogP contribution < -0.4 is 10.1 Å². The van der Waals surface area contributed by atoms with Gasteiger partial charge >= 0.3 is 0 Å². The summed E-state index contributed by atoms with van der Waals surface area (Å²) >= 11 is 1.73. The number of pyridine rings is 1. The molecule has 0 spiro atoms. The molecule has 0 aliphatic carbocycles. The summed E-state index contributed by atoms with van der Waals surface area (Å²) in [5.41, 5.74) is 3.19. The zero-order chi connectivity index (χ0) is 18.9. The highest BCUT2D eigenvalue weighted by Crippen LogP contribution is 2.24. The van der Waals surface area contributed by atoms with E-state index in [0.29, 0.717) is 5.75 Å². The smallest absolute Gasteiger partial charge is 0.262 e. The van der Waals surface area contributed by atoms with E-state index in [0.717, 1.165) is 22.8 Å². The molecule has 1 heterocycles. The van der Waals surface area contributed by atoms with Crippen molar-refractivity contribution in [1.29, 1.82) is 0 Å². The Morgan fingerprint density at radius 1 is 1.04 bits per heavy atom. The van der Waals surface area contributed by atoms with Gasteiger partial charge in [0.1, 0.15) is 5.75 Å². The maximum Gasteiger partial charge on any atom is 0.262 e. The minimum Gasteiger partial charge on any atom is -0.484 e. The van der Waals surface area contributed by atoms with Gasteiger partial charge in [0.05, 0.1) is 0 Å². The second kappa shape index (κ2) is 9.78. The van der Waals surface area contributed by atoms with Gasteiger partial charge in [-0.15, -0.1) is 11.8 Å². The topological polar surface area (TPSA) is 51.2 Å². The number of nitrogens with zero attached hydrogens (tertiary/aromatic N) is 1. The number of ether oxygens (including phenoxy) is 1. The summed E-state index contributed by atoms with van der Waals surface area (Å²) in [6.45, 7) is 2.09. The van der Waals surface area contributed by atoms with Crippen LogP contribution in [0.2, 0.25) is 0 Å². The number of carbonyl (C=O) groups excluding carboxylic acids is 1. The van der Waals surface area contributed by atoms with E-state index in [2.05, 4.69) is 23.3 Å². The predicted molar refractivity (Wildman–Crippen MR) is 110 cm³/mol. The molecule has 0 atom stereocenters. The van der Waals surface area contributed by atoms with Crippen LogP contribution in [-0.4, -0.2) is 17.5 Å². The molecule has 0 saturated carbocycles. The van der Waals surface area contributed by atoms with E-state index >= 15 is 0 Å². The maximum absolute atomic E-state index is 12.1. The van der Waals surface area contributed by atoms with Crippen LogP contribution in [-0.2, 0) is 17.0 Å². The highest BCUT2D eigenvalue weighted by Gasteiger charge is 2.04. The van der Waals surface area contributed by atoms with E-state index in [9.17, 15) is 4.79 Å². The van der Waals surface area contributed by atoms with Gasteiger partial charge in [0.25, 0.3) is 5.91 Å². The van der Waals surface area contributed by atoms with E-state index in [1.54, 1.807) is 18.0 Å². The Labute approximate surface area is 164 Å². The Kier molecular flexibility index (Phi) is 6.88. The fourth-order valence-electron chi connectivity index (χ4n) is 2.45. The first-order chi connectivity index (χ1) is 13.2.